The van der Waals surface area contributed by atoms with Crippen molar-refractivity contribution in [3.8, 4) is 0 Å². The summed E-state index contributed by atoms with van der Waals surface area (Å²) in [6.07, 6.45) is 8.11. The lowest BCUT2D eigenvalue weighted by molar-refractivity contribution is 0.0600. The maximum Gasteiger partial charge on any atom is 0.338 e. The van der Waals surface area contributed by atoms with E-state index in [0.29, 0.717) is 17.9 Å². The van der Waals surface area contributed by atoms with Crippen LogP contribution in [0.5, 0.6) is 0 Å². The van der Waals surface area contributed by atoms with Gasteiger partial charge in [-0.05, 0) is 45.7 Å². The molecule has 0 fully saturated rings. The zero-order valence-corrected chi connectivity index (χ0v) is 13.3. The van der Waals surface area contributed by atoms with E-state index in [2.05, 4.69) is 48.0 Å². The minimum atomic E-state index is -0.353. The first-order valence-electron chi connectivity index (χ1n) is 7.10. The number of hydrogen-bond acceptors (Lipinski definition) is 4. The summed E-state index contributed by atoms with van der Waals surface area (Å²) in [5, 5.41) is 3.18. The molecule has 1 aromatic rings. The molecule has 114 valence electrons. The van der Waals surface area contributed by atoms with Crippen molar-refractivity contribution in [3.05, 3.63) is 47.2 Å². The maximum absolute atomic E-state index is 11.4. The fraction of sp³-hybridized carbons (Fsp3) is 0.412. The van der Waals surface area contributed by atoms with Crippen LogP contribution in [0.1, 0.15) is 44.0 Å². The van der Waals surface area contributed by atoms with E-state index in [1.54, 1.807) is 18.3 Å². The van der Waals surface area contributed by atoms with Crippen LogP contribution in [0.2, 0.25) is 0 Å². The molecule has 0 aliphatic carbocycles. The third kappa shape index (κ3) is 6.75. The molecular formula is C17H24N2O2. The first kappa shape index (κ1) is 17.0. The second kappa shape index (κ2) is 8.95. The number of anilines is 1. The Balaban J connectivity index is 2.48. The molecule has 0 saturated heterocycles. The highest BCUT2D eigenvalue weighted by Crippen LogP contribution is 2.09. The van der Waals surface area contributed by atoms with Crippen LogP contribution in [-0.4, -0.2) is 24.6 Å². The average Bonchev–Trinajstić information content (AvgIpc) is 2.46. The van der Waals surface area contributed by atoms with Crippen LogP contribution in [-0.2, 0) is 4.74 Å². The number of hydrogen-bond donors (Lipinski definition) is 1. The molecule has 0 radical (unpaired) electrons. The number of aromatic nitrogens is 1. The minimum absolute atomic E-state index is 0.353. The van der Waals surface area contributed by atoms with Crippen molar-refractivity contribution in [3.63, 3.8) is 0 Å². The highest BCUT2D eigenvalue weighted by Gasteiger charge is 2.05. The van der Waals surface area contributed by atoms with Crippen molar-refractivity contribution >= 4 is 11.8 Å². The van der Waals surface area contributed by atoms with Crippen LogP contribution in [0.3, 0.4) is 0 Å². The minimum Gasteiger partial charge on any atom is -0.465 e. The summed E-state index contributed by atoms with van der Waals surface area (Å²) in [6, 6.07) is 3.33. The molecule has 1 aromatic heterocycles. The van der Waals surface area contributed by atoms with E-state index in [-0.39, 0.29) is 5.97 Å². The van der Waals surface area contributed by atoms with Crippen LogP contribution < -0.4 is 5.32 Å². The fourth-order valence-corrected chi connectivity index (χ4v) is 1.79. The molecule has 0 aliphatic heterocycles. The summed E-state index contributed by atoms with van der Waals surface area (Å²) in [4.78, 5) is 15.6. The predicted molar refractivity (Wildman–Crippen MR) is 86.5 cm³/mol. The Labute approximate surface area is 126 Å². The van der Waals surface area contributed by atoms with E-state index in [1.807, 2.05) is 0 Å². The Morgan fingerprint density at radius 1 is 1.33 bits per heavy atom. The van der Waals surface area contributed by atoms with E-state index >= 15 is 0 Å². The number of nitrogens with one attached hydrogen (secondary N) is 1. The number of ether oxygens (including phenoxy) is 1. The van der Waals surface area contributed by atoms with Crippen molar-refractivity contribution in [2.75, 3.05) is 19.0 Å². The van der Waals surface area contributed by atoms with Crippen molar-refractivity contribution < 1.29 is 9.53 Å². The van der Waals surface area contributed by atoms with E-state index in [1.165, 1.54) is 18.3 Å². The van der Waals surface area contributed by atoms with E-state index in [0.717, 1.165) is 12.8 Å². The molecule has 0 amide bonds. The third-order valence-electron chi connectivity index (χ3n) is 3.01. The van der Waals surface area contributed by atoms with Crippen LogP contribution in [0.4, 0.5) is 5.82 Å². The van der Waals surface area contributed by atoms with Crippen molar-refractivity contribution in [1.82, 2.24) is 4.98 Å². The van der Waals surface area contributed by atoms with Crippen molar-refractivity contribution in [2.24, 2.45) is 0 Å². The van der Waals surface area contributed by atoms with Gasteiger partial charge in [0.25, 0.3) is 0 Å². The number of esters is 1. The van der Waals surface area contributed by atoms with Gasteiger partial charge in [-0.2, -0.15) is 0 Å². The first-order chi connectivity index (χ1) is 10.0. The second-order valence-corrected chi connectivity index (χ2v) is 5.17. The molecule has 1 heterocycles. The summed E-state index contributed by atoms with van der Waals surface area (Å²) in [5.41, 5.74) is 3.19. The summed E-state index contributed by atoms with van der Waals surface area (Å²) in [6.45, 7) is 7.04. The van der Waals surface area contributed by atoms with Crippen LogP contribution in [0.25, 0.3) is 0 Å². The molecule has 0 aliphatic rings. The van der Waals surface area contributed by atoms with Gasteiger partial charge in [0.1, 0.15) is 5.82 Å². The van der Waals surface area contributed by atoms with E-state index in [9.17, 15) is 4.79 Å². The predicted octanol–water partition coefficient (Wildman–Crippen LogP) is 3.97. The second-order valence-electron chi connectivity index (χ2n) is 5.17. The van der Waals surface area contributed by atoms with Crippen molar-refractivity contribution in [2.45, 2.75) is 33.6 Å². The summed E-state index contributed by atoms with van der Waals surface area (Å²) < 4.78 is 4.69. The number of allylic oxidation sites excluding steroid dienone is 3. The summed E-state index contributed by atoms with van der Waals surface area (Å²) in [7, 11) is 1.37. The van der Waals surface area contributed by atoms with Crippen molar-refractivity contribution in [1.29, 1.82) is 0 Å². The molecule has 0 saturated carbocycles. The molecule has 0 spiro atoms. The number of nitrogens with zero attached hydrogens (tertiary/aromatic N) is 1. The fourth-order valence-electron chi connectivity index (χ4n) is 1.79. The molecule has 4 nitrogen and oxygen atoms in total. The summed E-state index contributed by atoms with van der Waals surface area (Å²) >= 11 is 0. The van der Waals surface area contributed by atoms with Gasteiger partial charge in [0.05, 0.1) is 12.7 Å². The molecule has 0 unspecified atom stereocenters. The largest absolute Gasteiger partial charge is 0.465 e. The Bertz CT molecular complexity index is 529. The topological polar surface area (TPSA) is 51.2 Å². The van der Waals surface area contributed by atoms with Gasteiger partial charge in [0.15, 0.2) is 0 Å². The van der Waals surface area contributed by atoms with E-state index < -0.39 is 0 Å². The van der Waals surface area contributed by atoms with Gasteiger partial charge in [-0.15, -0.1) is 0 Å². The lowest BCUT2D eigenvalue weighted by Crippen LogP contribution is -2.05. The zero-order valence-electron chi connectivity index (χ0n) is 13.3. The number of pyridine rings is 1. The van der Waals surface area contributed by atoms with Gasteiger partial charge in [-0.25, -0.2) is 9.78 Å². The zero-order chi connectivity index (χ0) is 15.7. The number of rotatable bonds is 7. The third-order valence-corrected chi connectivity index (χ3v) is 3.01. The van der Waals surface area contributed by atoms with Gasteiger partial charge in [-0.3, -0.25) is 0 Å². The highest BCUT2D eigenvalue weighted by molar-refractivity contribution is 5.89. The first-order valence-corrected chi connectivity index (χ1v) is 7.10. The quantitative estimate of drug-likeness (QED) is 0.609. The van der Waals surface area contributed by atoms with Gasteiger partial charge >= 0.3 is 5.97 Å². The van der Waals surface area contributed by atoms with E-state index in [4.69, 9.17) is 0 Å². The number of carbonyl (C=O) groups is 1. The molecular weight excluding hydrogens is 264 g/mol. The standard InChI is InChI=1S/C17H24N2O2/c1-13(2)6-5-7-14(3)8-10-18-16-12-15(9-11-19-16)17(20)21-4/h6,8-9,11-12H,5,7,10H2,1-4H3,(H,18,19)/b14-8+. The van der Waals surface area contributed by atoms with Crippen LogP contribution >= 0.6 is 0 Å². The summed E-state index contributed by atoms with van der Waals surface area (Å²) in [5.74, 6) is 0.320. The lowest BCUT2D eigenvalue weighted by Gasteiger charge is -2.05. The molecule has 0 atom stereocenters. The Morgan fingerprint density at radius 2 is 2.10 bits per heavy atom. The SMILES string of the molecule is COC(=O)c1ccnc(NC/C=C(\C)CCC=C(C)C)c1. The molecule has 0 aromatic carbocycles. The molecule has 0 bridgehead atoms. The van der Waals surface area contributed by atoms with Gasteiger partial charge < -0.3 is 10.1 Å². The van der Waals surface area contributed by atoms with Gasteiger partial charge in [0, 0.05) is 12.7 Å². The average molecular weight is 288 g/mol. The smallest absolute Gasteiger partial charge is 0.338 e. The Kier molecular flexibility index (Phi) is 7.23. The van der Waals surface area contributed by atoms with Gasteiger partial charge in [-0.1, -0.05) is 23.3 Å². The number of methoxy groups -OCH3 is 1. The molecule has 4 heteroatoms. The lowest BCUT2D eigenvalue weighted by atomic mass is 10.1. The van der Waals surface area contributed by atoms with Crippen LogP contribution in [0, 0.1) is 0 Å². The van der Waals surface area contributed by atoms with Crippen LogP contribution in [0.15, 0.2) is 41.6 Å². The molecule has 1 N–H and O–H groups in total. The Hall–Kier alpha value is -2.10. The number of carbonyl (C=O) groups excluding carboxylic acids is 1. The normalized spacial score (nSPS) is 11.0. The monoisotopic (exact) mass is 288 g/mol. The highest BCUT2D eigenvalue weighted by atomic mass is 16.5. The molecule has 1 rings (SSSR count). The Morgan fingerprint density at radius 3 is 2.76 bits per heavy atom. The molecule has 21 heavy (non-hydrogen) atoms. The van der Waals surface area contributed by atoms with Gasteiger partial charge in [0.2, 0.25) is 0 Å². The maximum atomic E-state index is 11.4.